The standard InChI is InChI=1S/C5H6N2O3.ClH/c6-1-4-3(5(8)9)2-10-7-4;/h2H,1,6H2,(H,8,9);1H. The van der Waals surface area contributed by atoms with Gasteiger partial charge in [0, 0.05) is 6.54 Å². The third kappa shape index (κ3) is 1.92. The van der Waals surface area contributed by atoms with Gasteiger partial charge in [-0.3, -0.25) is 0 Å². The molecule has 5 nitrogen and oxygen atoms in total. The van der Waals surface area contributed by atoms with Gasteiger partial charge in [-0.15, -0.1) is 12.4 Å². The molecule has 0 saturated carbocycles. The Bertz CT molecular complexity index is 248. The molecule has 1 rings (SSSR count). The minimum atomic E-state index is -1.07. The van der Waals surface area contributed by atoms with E-state index in [1.165, 1.54) is 0 Å². The van der Waals surface area contributed by atoms with Crippen LogP contribution in [0.25, 0.3) is 0 Å². The summed E-state index contributed by atoms with van der Waals surface area (Å²) in [5.74, 6) is -1.07. The maximum atomic E-state index is 10.3. The smallest absolute Gasteiger partial charge is 0.341 e. The predicted molar refractivity (Wildman–Crippen MR) is 38.6 cm³/mol. The minimum Gasteiger partial charge on any atom is -0.478 e. The third-order valence-corrected chi connectivity index (χ3v) is 1.07. The summed E-state index contributed by atoms with van der Waals surface area (Å²) in [6.07, 6.45) is 1.06. The molecular formula is C5H7ClN2O3. The zero-order chi connectivity index (χ0) is 7.56. The van der Waals surface area contributed by atoms with Crippen molar-refractivity contribution in [1.82, 2.24) is 5.16 Å². The van der Waals surface area contributed by atoms with Crippen LogP contribution in [-0.4, -0.2) is 16.2 Å². The van der Waals surface area contributed by atoms with E-state index in [4.69, 9.17) is 10.8 Å². The summed E-state index contributed by atoms with van der Waals surface area (Å²) in [7, 11) is 0. The van der Waals surface area contributed by atoms with Gasteiger partial charge in [0.05, 0.1) is 0 Å². The molecule has 1 aromatic heterocycles. The third-order valence-electron chi connectivity index (χ3n) is 1.07. The van der Waals surface area contributed by atoms with Crippen LogP contribution in [0.2, 0.25) is 0 Å². The van der Waals surface area contributed by atoms with Gasteiger partial charge >= 0.3 is 5.97 Å². The van der Waals surface area contributed by atoms with Gasteiger partial charge in [0.2, 0.25) is 0 Å². The molecule has 62 valence electrons. The zero-order valence-electron chi connectivity index (χ0n) is 5.48. The van der Waals surface area contributed by atoms with E-state index in [0.29, 0.717) is 0 Å². The average molecular weight is 179 g/mol. The number of aromatic nitrogens is 1. The maximum Gasteiger partial charge on any atom is 0.341 e. The van der Waals surface area contributed by atoms with E-state index >= 15 is 0 Å². The number of hydrogen-bond donors (Lipinski definition) is 2. The van der Waals surface area contributed by atoms with Crippen molar-refractivity contribution in [3.8, 4) is 0 Å². The van der Waals surface area contributed by atoms with Gasteiger partial charge < -0.3 is 15.4 Å². The van der Waals surface area contributed by atoms with Gasteiger partial charge in [-0.2, -0.15) is 0 Å². The lowest BCUT2D eigenvalue weighted by molar-refractivity contribution is 0.0695. The fourth-order valence-corrected chi connectivity index (χ4v) is 0.581. The molecule has 0 unspecified atom stereocenters. The highest BCUT2D eigenvalue weighted by molar-refractivity contribution is 5.88. The Balaban J connectivity index is 0.000001000. The van der Waals surface area contributed by atoms with Gasteiger partial charge in [-0.05, 0) is 0 Å². The Morgan fingerprint density at radius 1 is 1.82 bits per heavy atom. The van der Waals surface area contributed by atoms with Crippen molar-refractivity contribution in [2.75, 3.05) is 0 Å². The molecule has 0 aliphatic heterocycles. The summed E-state index contributed by atoms with van der Waals surface area (Å²) < 4.78 is 4.39. The van der Waals surface area contributed by atoms with Gasteiger partial charge in [-0.1, -0.05) is 5.16 Å². The van der Waals surface area contributed by atoms with Crippen LogP contribution in [0.5, 0.6) is 0 Å². The first kappa shape index (κ1) is 9.93. The Morgan fingerprint density at radius 2 is 2.45 bits per heavy atom. The van der Waals surface area contributed by atoms with Gasteiger partial charge in [0.1, 0.15) is 17.5 Å². The van der Waals surface area contributed by atoms with E-state index in [0.717, 1.165) is 6.26 Å². The summed E-state index contributed by atoms with van der Waals surface area (Å²) >= 11 is 0. The van der Waals surface area contributed by atoms with Crippen LogP contribution in [0.15, 0.2) is 10.8 Å². The van der Waals surface area contributed by atoms with Crippen molar-refractivity contribution in [2.24, 2.45) is 5.73 Å². The maximum absolute atomic E-state index is 10.3. The SMILES string of the molecule is Cl.NCc1nocc1C(=O)O. The minimum absolute atomic E-state index is 0. The molecule has 0 amide bonds. The Kier molecular flexibility index (Phi) is 3.56. The lowest BCUT2D eigenvalue weighted by atomic mass is 10.2. The van der Waals surface area contributed by atoms with E-state index in [-0.39, 0.29) is 30.2 Å². The molecule has 6 heteroatoms. The van der Waals surface area contributed by atoms with E-state index in [2.05, 4.69) is 9.68 Å². The van der Waals surface area contributed by atoms with Gasteiger partial charge in [0.15, 0.2) is 0 Å². The number of aromatic carboxylic acids is 1. The molecule has 0 fully saturated rings. The molecule has 0 aliphatic rings. The topological polar surface area (TPSA) is 89.4 Å². The number of carboxylic acid groups (broad SMARTS) is 1. The van der Waals surface area contributed by atoms with Crippen molar-refractivity contribution >= 4 is 18.4 Å². The fourth-order valence-electron chi connectivity index (χ4n) is 0.581. The van der Waals surface area contributed by atoms with Crippen LogP contribution in [0, 0.1) is 0 Å². The van der Waals surface area contributed by atoms with Gasteiger partial charge in [-0.25, -0.2) is 4.79 Å². The lowest BCUT2D eigenvalue weighted by Crippen LogP contribution is -2.04. The Labute approximate surface area is 68.6 Å². The molecule has 3 N–H and O–H groups in total. The number of hydrogen-bond acceptors (Lipinski definition) is 4. The quantitative estimate of drug-likeness (QED) is 0.678. The largest absolute Gasteiger partial charge is 0.478 e. The number of carboxylic acids is 1. The second-order valence-corrected chi connectivity index (χ2v) is 1.68. The summed E-state index contributed by atoms with van der Waals surface area (Å²) in [5, 5.41) is 11.8. The Morgan fingerprint density at radius 3 is 2.82 bits per heavy atom. The number of halogens is 1. The first-order chi connectivity index (χ1) is 4.75. The van der Waals surface area contributed by atoms with Crippen LogP contribution in [0.4, 0.5) is 0 Å². The van der Waals surface area contributed by atoms with Crippen molar-refractivity contribution in [3.63, 3.8) is 0 Å². The Hall–Kier alpha value is -1.07. The highest BCUT2D eigenvalue weighted by Crippen LogP contribution is 2.04. The second-order valence-electron chi connectivity index (χ2n) is 1.68. The van der Waals surface area contributed by atoms with Crippen molar-refractivity contribution < 1.29 is 14.4 Å². The van der Waals surface area contributed by atoms with E-state index in [1.54, 1.807) is 0 Å². The summed E-state index contributed by atoms with van der Waals surface area (Å²) in [6.45, 7) is 0.0815. The van der Waals surface area contributed by atoms with Crippen molar-refractivity contribution in [2.45, 2.75) is 6.54 Å². The number of nitrogens with two attached hydrogens (primary N) is 1. The predicted octanol–water partition coefficient (Wildman–Crippen LogP) is 0.253. The molecule has 0 bridgehead atoms. The highest BCUT2D eigenvalue weighted by atomic mass is 35.5. The summed E-state index contributed by atoms with van der Waals surface area (Å²) in [5.41, 5.74) is 5.45. The zero-order valence-corrected chi connectivity index (χ0v) is 6.30. The van der Waals surface area contributed by atoms with Crippen molar-refractivity contribution in [3.05, 3.63) is 17.5 Å². The van der Waals surface area contributed by atoms with Crippen LogP contribution >= 0.6 is 12.4 Å². The normalized spacial score (nSPS) is 8.82. The lowest BCUT2D eigenvalue weighted by Gasteiger charge is -1.87. The van der Waals surface area contributed by atoms with Crippen molar-refractivity contribution in [1.29, 1.82) is 0 Å². The first-order valence-electron chi connectivity index (χ1n) is 2.62. The number of nitrogens with zero attached hydrogens (tertiary/aromatic N) is 1. The molecule has 1 heterocycles. The fraction of sp³-hybridized carbons (Fsp3) is 0.200. The highest BCUT2D eigenvalue weighted by Gasteiger charge is 2.11. The van der Waals surface area contributed by atoms with E-state index < -0.39 is 5.97 Å². The summed E-state index contributed by atoms with van der Waals surface area (Å²) in [4.78, 5) is 10.3. The molecule has 0 atom stereocenters. The number of carbonyl (C=O) groups is 1. The van der Waals surface area contributed by atoms with Crippen LogP contribution in [0.1, 0.15) is 16.1 Å². The molecule has 11 heavy (non-hydrogen) atoms. The van der Waals surface area contributed by atoms with Crippen LogP contribution in [-0.2, 0) is 6.54 Å². The van der Waals surface area contributed by atoms with Crippen LogP contribution in [0.3, 0.4) is 0 Å². The molecular weight excluding hydrogens is 172 g/mol. The van der Waals surface area contributed by atoms with Gasteiger partial charge in [0.25, 0.3) is 0 Å². The molecule has 0 aliphatic carbocycles. The first-order valence-corrected chi connectivity index (χ1v) is 2.62. The number of rotatable bonds is 2. The molecule has 0 spiro atoms. The average Bonchev–Trinajstić information content (AvgIpc) is 2.33. The monoisotopic (exact) mass is 178 g/mol. The summed E-state index contributed by atoms with van der Waals surface area (Å²) in [6, 6.07) is 0. The van der Waals surface area contributed by atoms with E-state index in [1.807, 2.05) is 0 Å². The van der Waals surface area contributed by atoms with E-state index in [9.17, 15) is 4.79 Å². The molecule has 0 aromatic carbocycles. The molecule has 0 saturated heterocycles. The molecule has 1 aromatic rings. The second kappa shape index (κ2) is 3.95. The molecule has 0 radical (unpaired) electrons. The van der Waals surface area contributed by atoms with Crippen LogP contribution < -0.4 is 5.73 Å².